The summed E-state index contributed by atoms with van der Waals surface area (Å²) in [5, 5.41) is 41.5. The minimum Gasteiger partial charge on any atom is -0.394 e. The van der Waals surface area contributed by atoms with Crippen LogP contribution in [0.15, 0.2) is 35.7 Å². The Bertz CT molecular complexity index is 909. The molecular weight excluding hydrogens is 391 g/mol. The Morgan fingerprint density at radius 1 is 1.00 bits per heavy atom. The van der Waals surface area contributed by atoms with Crippen LogP contribution >= 0.6 is 22.7 Å². The molecule has 8 heteroatoms. The third-order valence-corrected chi connectivity index (χ3v) is 6.94. The molecule has 2 aromatic heterocycles. The highest BCUT2D eigenvalue weighted by atomic mass is 32.1. The summed E-state index contributed by atoms with van der Waals surface area (Å²) < 4.78 is 22.3. The molecule has 5 atom stereocenters. The molecule has 0 bridgehead atoms. The van der Waals surface area contributed by atoms with Crippen LogP contribution in [0.25, 0.3) is 9.40 Å². The molecule has 0 spiro atoms. The average molecular weight is 410 g/mol. The van der Waals surface area contributed by atoms with Crippen LogP contribution in [-0.2, 0) is 11.2 Å². The van der Waals surface area contributed by atoms with Crippen LogP contribution in [0.4, 0.5) is 4.39 Å². The third-order valence-electron chi connectivity index (χ3n) is 4.85. The highest BCUT2D eigenvalue weighted by Gasteiger charge is 2.44. The van der Waals surface area contributed by atoms with Crippen molar-refractivity contribution < 1.29 is 29.6 Å². The van der Waals surface area contributed by atoms with Gasteiger partial charge in [-0.05, 0) is 40.8 Å². The van der Waals surface area contributed by atoms with Crippen molar-refractivity contribution in [1.29, 1.82) is 0 Å². The second-order valence-electron chi connectivity index (χ2n) is 6.64. The predicted octanol–water partition coefficient (Wildman–Crippen LogP) is 2.21. The van der Waals surface area contributed by atoms with Gasteiger partial charge in [-0.25, -0.2) is 4.39 Å². The van der Waals surface area contributed by atoms with Crippen molar-refractivity contribution in [3.63, 3.8) is 0 Å². The monoisotopic (exact) mass is 410 g/mol. The van der Waals surface area contributed by atoms with E-state index in [0.717, 1.165) is 4.88 Å². The molecule has 144 valence electrons. The lowest BCUT2D eigenvalue weighted by Crippen LogP contribution is -2.55. The molecule has 4 N–H and O–H groups in total. The summed E-state index contributed by atoms with van der Waals surface area (Å²) in [6.07, 6.45) is -5.81. The van der Waals surface area contributed by atoms with Gasteiger partial charge in [0.2, 0.25) is 0 Å². The molecule has 1 aliphatic heterocycles. The van der Waals surface area contributed by atoms with Gasteiger partial charge in [-0.15, -0.1) is 22.7 Å². The number of thiophene rings is 2. The maximum absolute atomic E-state index is 14.4. The number of halogens is 1. The van der Waals surface area contributed by atoms with Crippen LogP contribution in [0.1, 0.15) is 22.1 Å². The lowest BCUT2D eigenvalue weighted by molar-refractivity contribution is -0.231. The fourth-order valence-corrected chi connectivity index (χ4v) is 5.53. The van der Waals surface area contributed by atoms with Crippen molar-refractivity contribution in [2.24, 2.45) is 0 Å². The summed E-state index contributed by atoms with van der Waals surface area (Å²) in [4.78, 5) is 1.03. The Morgan fingerprint density at radius 2 is 1.81 bits per heavy atom. The van der Waals surface area contributed by atoms with Crippen molar-refractivity contribution >= 4 is 32.1 Å². The van der Waals surface area contributed by atoms with Crippen LogP contribution in [0.2, 0.25) is 0 Å². The summed E-state index contributed by atoms with van der Waals surface area (Å²) >= 11 is 3.25. The van der Waals surface area contributed by atoms with Gasteiger partial charge in [-0.1, -0.05) is 6.07 Å². The molecule has 5 nitrogen and oxygen atoms in total. The van der Waals surface area contributed by atoms with E-state index in [0.29, 0.717) is 17.5 Å². The van der Waals surface area contributed by atoms with Crippen LogP contribution in [0, 0.1) is 5.82 Å². The topological polar surface area (TPSA) is 90.2 Å². The zero-order valence-corrected chi connectivity index (χ0v) is 15.8. The maximum Gasteiger partial charge on any atom is 0.126 e. The van der Waals surface area contributed by atoms with Crippen LogP contribution in [-0.4, -0.2) is 51.4 Å². The first-order valence-electron chi connectivity index (χ1n) is 8.52. The van der Waals surface area contributed by atoms with E-state index in [4.69, 9.17) is 4.74 Å². The van der Waals surface area contributed by atoms with Gasteiger partial charge in [0.1, 0.15) is 36.3 Å². The zero-order valence-electron chi connectivity index (χ0n) is 14.2. The highest BCUT2D eigenvalue weighted by molar-refractivity contribution is 7.26. The van der Waals surface area contributed by atoms with Crippen molar-refractivity contribution in [2.45, 2.75) is 36.9 Å². The number of ether oxygens (including phenoxy) is 1. The van der Waals surface area contributed by atoms with Gasteiger partial charge in [0.15, 0.2) is 0 Å². The van der Waals surface area contributed by atoms with Gasteiger partial charge in [0.05, 0.1) is 6.61 Å². The number of fused-ring (bicyclic) bond motifs is 1. The molecule has 1 fully saturated rings. The molecule has 0 saturated carbocycles. The molecule has 1 aliphatic rings. The quantitative estimate of drug-likeness (QED) is 0.530. The smallest absolute Gasteiger partial charge is 0.126 e. The van der Waals surface area contributed by atoms with Crippen molar-refractivity contribution in [3.8, 4) is 0 Å². The average Bonchev–Trinajstić information content (AvgIpc) is 3.24. The van der Waals surface area contributed by atoms with E-state index in [9.17, 15) is 24.8 Å². The minimum absolute atomic E-state index is 0.361. The zero-order chi connectivity index (χ0) is 19.1. The minimum atomic E-state index is -1.46. The molecule has 1 saturated heterocycles. The van der Waals surface area contributed by atoms with E-state index < -0.39 is 37.1 Å². The summed E-state index contributed by atoms with van der Waals surface area (Å²) in [6.45, 7) is -0.499. The lowest BCUT2D eigenvalue weighted by atomic mass is 9.90. The van der Waals surface area contributed by atoms with E-state index in [1.54, 1.807) is 28.7 Å². The van der Waals surface area contributed by atoms with Gasteiger partial charge >= 0.3 is 0 Å². The number of rotatable bonds is 4. The molecule has 4 rings (SSSR count). The number of benzene rings is 1. The third kappa shape index (κ3) is 3.54. The second-order valence-corrected chi connectivity index (χ2v) is 8.75. The van der Waals surface area contributed by atoms with E-state index in [1.165, 1.54) is 21.5 Å². The molecule has 27 heavy (non-hydrogen) atoms. The predicted molar refractivity (Wildman–Crippen MR) is 102 cm³/mol. The largest absolute Gasteiger partial charge is 0.394 e. The van der Waals surface area contributed by atoms with Gasteiger partial charge < -0.3 is 25.2 Å². The fourth-order valence-electron chi connectivity index (χ4n) is 3.37. The summed E-state index contributed by atoms with van der Waals surface area (Å²) in [7, 11) is 0. The molecular formula is C19H19FO5S2. The summed E-state index contributed by atoms with van der Waals surface area (Å²) in [6, 6.07) is 8.48. The first kappa shape index (κ1) is 18.9. The summed E-state index contributed by atoms with van der Waals surface area (Å²) in [5.41, 5.74) is 0.944. The molecule has 0 amide bonds. The number of hydrogen-bond acceptors (Lipinski definition) is 7. The highest BCUT2D eigenvalue weighted by Crippen LogP contribution is 2.35. The Morgan fingerprint density at radius 3 is 2.56 bits per heavy atom. The molecule has 3 aromatic rings. The van der Waals surface area contributed by atoms with Crippen molar-refractivity contribution in [1.82, 2.24) is 0 Å². The van der Waals surface area contributed by atoms with Crippen LogP contribution in [0.5, 0.6) is 0 Å². The first-order chi connectivity index (χ1) is 13.0. The standard InChI is InChI=1S/C19H19FO5S2/c20-12-2-1-9(19-18(24)17(23)16(22)13(8-21)25-19)5-10(12)6-11-7-15-14(27-11)3-4-26-15/h1-5,7,13,16-19,21-24H,6,8H2/t13?,16-,17?,18-,19+/m1/s1. The SMILES string of the molecule is OCC1O[C@@H](c2ccc(F)c(Cc3cc4sccc4s3)c2)[C@H](O)C(O)[C@@H]1O. The fraction of sp³-hybridized carbons (Fsp3) is 0.368. The van der Waals surface area contributed by atoms with Gasteiger partial charge in [-0.2, -0.15) is 0 Å². The molecule has 1 aromatic carbocycles. The van der Waals surface area contributed by atoms with Gasteiger partial charge in [0.25, 0.3) is 0 Å². The summed E-state index contributed by atoms with van der Waals surface area (Å²) in [5.74, 6) is -0.361. The van der Waals surface area contributed by atoms with E-state index in [2.05, 4.69) is 0 Å². The second kappa shape index (κ2) is 7.56. The lowest BCUT2D eigenvalue weighted by Gasteiger charge is -2.40. The van der Waals surface area contributed by atoms with Crippen molar-refractivity contribution in [2.75, 3.05) is 6.61 Å². The molecule has 0 aliphatic carbocycles. The van der Waals surface area contributed by atoms with E-state index in [1.807, 2.05) is 17.5 Å². The van der Waals surface area contributed by atoms with Crippen molar-refractivity contribution in [3.05, 3.63) is 57.5 Å². The Balaban J connectivity index is 1.62. The molecule has 0 radical (unpaired) electrons. The first-order valence-corrected chi connectivity index (χ1v) is 10.2. The van der Waals surface area contributed by atoms with E-state index in [-0.39, 0.29) is 5.82 Å². The number of hydrogen-bond donors (Lipinski definition) is 4. The number of aliphatic hydroxyl groups is 4. The van der Waals surface area contributed by atoms with E-state index >= 15 is 0 Å². The van der Waals surface area contributed by atoms with Crippen LogP contribution < -0.4 is 0 Å². The number of aliphatic hydroxyl groups excluding tert-OH is 4. The normalized spacial score (nSPS) is 28.7. The Labute approximate surface area is 162 Å². The van der Waals surface area contributed by atoms with Gasteiger partial charge in [-0.3, -0.25) is 0 Å². The maximum atomic E-state index is 14.4. The van der Waals surface area contributed by atoms with Gasteiger partial charge in [0, 0.05) is 20.7 Å². The molecule has 3 heterocycles. The molecule has 2 unspecified atom stereocenters. The van der Waals surface area contributed by atoms with Crippen LogP contribution in [0.3, 0.4) is 0 Å². The Kier molecular flexibility index (Phi) is 5.30. The Hall–Kier alpha value is -1.39.